The van der Waals surface area contributed by atoms with Crippen LogP contribution in [-0.4, -0.2) is 73.2 Å². The van der Waals surface area contributed by atoms with E-state index in [9.17, 15) is 9.18 Å². The van der Waals surface area contributed by atoms with Crippen LogP contribution in [0.1, 0.15) is 18.4 Å². The molecule has 3 saturated heterocycles. The summed E-state index contributed by atoms with van der Waals surface area (Å²) in [6, 6.07) is 6.94. The van der Waals surface area contributed by atoms with Crippen LogP contribution in [0.25, 0.3) is 0 Å². The van der Waals surface area contributed by atoms with Gasteiger partial charge in [-0.1, -0.05) is 12.1 Å². The minimum absolute atomic E-state index is 0.0909. The summed E-state index contributed by atoms with van der Waals surface area (Å²) in [5.41, 5.74) is 0.741. The average Bonchev–Trinajstić information content (AvgIpc) is 3.15. The first-order chi connectivity index (χ1) is 12.2. The van der Waals surface area contributed by atoms with Crippen molar-refractivity contribution < 1.29 is 13.9 Å². The molecule has 5 nitrogen and oxygen atoms in total. The van der Waals surface area contributed by atoms with Crippen molar-refractivity contribution in [1.29, 1.82) is 0 Å². The Hall–Kier alpha value is -1.50. The van der Waals surface area contributed by atoms with Gasteiger partial charge in [-0.05, 0) is 43.6 Å². The van der Waals surface area contributed by atoms with Gasteiger partial charge in [0.25, 0.3) is 0 Å². The number of halogens is 1. The van der Waals surface area contributed by atoms with Gasteiger partial charge in [-0.25, -0.2) is 4.39 Å². The molecule has 0 saturated carbocycles. The fraction of sp³-hybridized carbons (Fsp3) is 0.632. The van der Waals surface area contributed by atoms with Gasteiger partial charge >= 0.3 is 0 Å². The van der Waals surface area contributed by atoms with Crippen molar-refractivity contribution in [2.24, 2.45) is 0 Å². The second kappa shape index (κ2) is 7.40. The highest BCUT2D eigenvalue weighted by Crippen LogP contribution is 2.26. The third kappa shape index (κ3) is 3.57. The summed E-state index contributed by atoms with van der Waals surface area (Å²) in [5, 5.41) is 3.53. The molecule has 3 aliphatic rings. The number of rotatable bonds is 3. The zero-order valence-electron chi connectivity index (χ0n) is 14.5. The molecule has 3 fully saturated rings. The molecule has 3 atom stereocenters. The molecule has 136 valence electrons. The van der Waals surface area contributed by atoms with E-state index >= 15 is 0 Å². The lowest BCUT2D eigenvalue weighted by Crippen LogP contribution is -2.70. The first-order valence-electron chi connectivity index (χ1n) is 9.31. The SMILES string of the molecule is O=C(Cc1cccc(F)c1)N1CCN[C@@H]2COC[C@H](N3CCCC3)[C@H]21. The zero-order chi connectivity index (χ0) is 17.2. The molecule has 0 aromatic heterocycles. The number of nitrogens with one attached hydrogen (secondary N) is 1. The number of ether oxygens (including phenoxy) is 1. The Balaban J connectivity index is 1.52. The molecule has 0 unspecified atom stereocenters. The highest BCUT2D eigenvalue weighted by Gasteiger charge is 2.44. The van der Waals surface area contributed by atoms with Crippen molar-refractivity contribution in [2.75, 3.05) is 39.4 Å². The first-order valence-corrected chi connectivity index (χ1v) is 9.31. The summed E-state index contributed by atoms with van der Waals surface area (Å²) in [6.07, 6.45) is 2.70. The lowest BCUT2D eigenvalue weighted by atomic mass is 9.92. The number of hydrogen-bond acceptors (Lipinski definition) is 4. The number of piperazine rings is 1. The minimum Gasteiger partial charge on any atom is -0.378 e. The summed E-state index contributed by atoms with van der Waals surface area (Å²) in [4.78, 5) is 17.5. The van der Waals surface area contributed by atoms with Crippen LogP contribution in [0, 0.1) is 5.82 Å². The normalized spacial score (nSPS) is 30.3. The second-order valence-electron chi connectivity index (χ2n) is 7.29. The molecule has 0 radical (unpaired) electrons. The molecule has 0 spiro atoms. The van der Waals surface area contributed by atoms with E-state index in [1.807, 2.05) is 11.0 Å². The van der Waals surface area contributed by atoms with Gasteiger partial charge in [0, 0.05) is 13.1 Å². The number of carbonyl (C=O) groups is 1. The smallest absolute Gasteiger partial charge is 0.227 e. The molecule has 4 rings (SSSR count). The van der Waals surface area contributed by atoms with E-state index in [1.54, 1.807) is 6.07 Å². The molecule has 6 heteroatoms. The van der Waals surface area contributed by atoms with Crippen LogP contribution >= 0.6 is 0 Å². The van der Waals surface area contributed by atoms with Gasteiger partial charge in [0.1, 0.15) is 5.82 Å². The van der Waals surface area contributed by atoms with Crippen LogP contribution < -0.4 is 5.32 Å². The molecule has 1 amide bonds. The maximum Gasteiger partial charge on any atom is 0.227 e. The average molecular weight is 347 g/mol. The Morgan fingerprint density at radius 1 is 1.24 bits per heavy atom. The Morgan fingerprint density at radius 3 is 2.88 bits per heavy atom. The van der Waals surface area contributed by atoms with E-state index in [-0.39, 0.29) is 36.3 Å². The van der Waals surface area contributed by atoms with Crippen molar-refractivity contribution >= 4 is 5.91 Å². The molecule has 0 bridgehead atoms. The van der Waals surface area contributed by atoms with Crippen LogP contribution in [-0.2, 0) is 16.0 Å². The highest BCUT2D eigenvalue weighted by molar-refractivity contribution is 5.79. The molecule has 3 heterocycles. The van der Waals surface area contributed by atoms with Crippen LogP contribution in [0.15, 0.2) is 24.3 Å². The quantitative estimate of drug-likeness (QED) is 0.887. The number of amides is 1. The summed E-state index contributed by atoms with van der Waals surface area (Å²) in [6.45, 7) is 5.00. The maximum atomic E-state index is 13.4. The topological polar surface area (TPSA) is 44.8 Å². The van der Waals surface area contributed by atoms with E-state index < -0.39 is 0 Å². The maximum absolute atomic E-state index is 13.4. The summed E-state index contributed by atoms with van der Waals surface area (Å²) >= 11 is 0. The van der Waals surface area contributed by atoms with Gasteiger partial charge in [-0.15, -0.1) is 0 Å². The van der Waals surface area contributed by atoms with Crippen molar-refractivity contribution in [1.82, 2.24) is 15.1 Å². The van der Waals surface area contributed by atoms with E-state index in [1.165, 1.54) is 25.0 Å². The van der Waals surface area contributed by atoms with E-state index in [0.29, 0.717) is 19.8 Å². The summed E-state index contributed by atoms with van der Waals surface area (Å²) in [5.74, 6) is -0.197. The highest BCUT2D eigenvalue weighted by atomic mass is 19.1. The zero-order valence-corrected chi connectivity index (χ0v) is 14.5. The third-order valence-electron chi connectivity index (χ3n) is 5.69. The molecule has 3 aliphatic heterocycles. The van der Waals surface area contributed by atoms with Crippen molar-refractivity contribution in [3.8, 4) is 0 Å². The predicted octanol–water partition coefficient (Wildman–Crippen LogP) is 1.03. The number of nitrogens with zero attached hydrogens (tertiary/aromatic N) is 2. The van der Waals surface area contributed by atoms with Crippen molar-refractivity contribution in [2.45, 2.75) is 37.4 Å². The van der Waals surface area contributed by atoms with Gasteiger partial charge in [-0.3, -0.25) is 9.69 Å². The van der Waals surface area contributed by atoms with Gasteiger partial charge in [0.15, 0.2) is 0 Å². The van der Waals surface area contributed by atoms with Gasteiger partial charge in [0.2, 0.25) is 5.91 Å². The number of likely N-dealkylation sites (tertiary alicyclic amines) is 1. The van der Waals surface area contributed by atoms with Crippen molar-refractivity contribution in [3.05, 3.63) is 35.6 Å². The molecule has 25 heavy (non-hydrogen) atoms. The van der Waals surface area contributed by atoms with Crippen LogP contribution in [0.5, 0.6) is 0 Å². The van der Waals surface area contributed by atoms with E-state index in [2.05, 4.69) is 10.2 Å². The summed E-state index contributed by atoms with van der Waals surface area (Å²) < 4.78 is 19.3. The largest absolute Gasteiger partial charge is 0.378 e. The van der Waals surface area contributed by atoms with E-state index in [0.717, 1.165) is 25.2 Å². The monoisotopic (exact) mass is 347 g/mol. The molecule has 1 aromatic carbocycles. The van der Waals surface area contributed by atoms with Gasteiger partial charge < -0.3 is 15.0 Å². The molecular weight excluding hydrogens is 321 g/mol. The Morgan fingerprint density at radius 2 is 2.08 bits per heavy atom. The number of carbonyl (C=O) groups excluding carboxylic acids is 1. The van der Waals surface area contributed by atoms with Crippen LogP contribution in [0.2, 0.25) is 0 Å². The fourth-order valence-corrected chi connectivity index (χ4v) is 4.51. The number of benzene rings is 1. The van der Waals surface area contributed by atoms with Gasteiger partial charge in [0.05, 0.1) is 37.8 Å². The lowest BCUT2D eigenvalue weighted by Gasteiger charge is -2.50. The minimum atomic E-state index is -0.288. The van der Waals surface area contributed by atoms with Crippen molar-refractivity contribution in [3.63, 3.8) is 0 Å². The molecule has 1 N–H and O–H groups in total. The molecule has 0 aliphatic carbocycles. The Kier molecular flexibility index (Phi) is 5.01. The Labute approximate surface area is 148 Å². The van der Waals surface area contributed by atoms with Crippen LogP contribution in [0.4, 0.5) is 4.39 Å². The second-order valence-corrected chi connectivity index (χ2v) is 7.29. The Bertz CT molecular complexity index is 618. The van der Waals surface area contributed by atoms with E-state index in [4.69, 9.17) is 4.74 Å². The first kappa shape index (κ1) is 16.9. The predicted molar refractivity (Wildman–Crippen MR) is 92.8 cm³/mol. The standard InChI is InChI=1S/C19H26FN3O2/c20-15-5-3-4-14(10-15)11-18(24)23-9-6-21-16-12-25-13-17(19(16)23)22-7-1-2-8-22/h3-5,10,16-17,19,21H,1-2,6-9,11-13H2/t16-,17+,19+/m1/s1. The molecular formula is C19H26FN3O2. The lowest BCUT2D eigenvalue weighted by molar-refractivity contribution is -0.142. The van der Waals surface area contributed by atoms with Crippen LogP contribution in [0.3, 0.4) is 0 Å². The number of fused-ring (bicyclic) bond motifs is 1. The number of hydrogen-bond donors (Lipinski definition) is 1. The summed E-state index contributed by atoms with van der Waals surface area (Å²) in [7, 11) is 0. The fourth-order valence-electron chi connectivity index (χ4n) is 4.51. The molecule has 1 aromatic rings. The third-order valence-corrected chi connectivity index (χ3v) is 5.69. The van der Waals surface area contributed by atoms with Gasteiger partial charge in [-0.2, -0.15) is 0 Å².